The average Bonchev–Trinajstić information content (AvgIpc) is 2.55. The first-order chi connectivity index (χ1) is 10.7. The molecule has 0 N–H and O–H groups in total. The van der Waals surface area contributed by atoms with Crippen LogP contribution in [0.4, 0.5) is 0 Å². The highest BCUT2D eigenvalue weighted by Gasteiger charge is 2.15. The topological polar surface area (TPSA) is 0 Å². The number of benzene rings is 3. The van der Waals surface area contributed by atoms with Gasteiger partial charge >= 0.3 is 0 Å². The zero-order valence-electron chi connectivity index (χ0n) is 11.5. The van der Waals surface area contributed by atoms with E-state index in [9.17, 15) is 0 Å². The Labute approximate surface area is 146 Å². The lowest BCUT2D eigenvalue weighted by Gasteiger charge is -2.15. The summed E-state index contributed by atoms with van der Waals surface area (Å²) in [4.78, 5) is 0. The second-order valence-electron chi connectivity index (χ2n) is 4.75. The van der Waals surface area contributed by atoms with E-state index in [4.69, 9.17) is 35.0 Å². The van der Waals surface area contributed by atoms with Gasteiger partial charge in [0.15, 0.2) is 0 Å². The van der Waals surface area contributed by atoms with Crippen LogP contribution in [0.25, 0.3) is 22.3 Å². The predicted molar refractivity (Wildman–Crippen MR) is 101 cm³/mol. The van der Waals surface area contributed by atoms with Gasteiger partial charge in [-0.3, -0.25) is 0 Å². The van der Waals surface area contributed by atoms with Crippen LogP contribution in [0.2, 0.25) is 10.0 Å². The summed E-state index contributed by atoms with van der Waals surface area (Å²) in [5.41, 5.74) is 4.07. The molecule has 0 atom stereocenters. The fourth-order valence-corrected chi connectivity index (χ4v) is 3.87. The quantitative estimate of drug-likeness (QED) is 0.489. The molecule has 22 heavy (non-hydrogen) atoms. The molecule has 0 aliphatic carbocycles. The van der Waals surface area contributed by atoms with E-state index < -0.39 is 0 Å². The highest BCUT2D eigenvalue weighted by atomic mass is 35.5. The van der Waals surface area contributed by atoms with E-state index >= 15 is 0 Å². The van der Waals surface area contributed by atoms with Crippen LogP contribution in [-0.4, -0.2) is 0 Å². The van der Waals surface area contributed by atoms with E-state index in [-0.39, 0.29) is 0 Å². The molecule has 0 saturated heterocycles. The fraction of sp³-hybridized carbons (Fsp3) is 0. The Bertz CT molecular complexity index is 846. The zero-order chi connectivity index (χ0) is 15.5. The van der Waals surface area contributed by atoms with Crippen molar-refractivity contribution in [2.24, 2.45) is 0 Å². The Hall–Kier alpha value is -1.24. The Morgan fingerprint density at radius 1 is 0.636 bits per heavy atom. The lowest BCUT2D eigenvalue weighted by Crippen LogP contribution is -2.01. The summed E-state index contributed by atoms with van der Waals surface area (Å²) in [6.45, 7) is 0. The molecule has 0 saturated carbocycles. The summed E-state index contributed by atoms with van der Waals surface area (Å²) in [6, 6.07) is 21.7. The predicted octanol–water partition coefficient (Wildman–Crippen LogP) is 6.36. The normalized spacial score (nSPS) is 10.8. The van der Waals surface area contributed by atoms with Gasteiger partial charge in [-0.2, -0.15) is 0 Å². The molecular formula is C18H11Cl2PS. The number of hydrogen-bond donors (Lipinski definition) is 0. The van der Waals surface area contributed by atoms with Gasteiger partial charge in [0.2, 0.25) is 0 Å². The molecule has 108 valence electrons. The van der Waals surface area contributed by atoms with Crippen molar-refractivity contribution in [2.75, 3.05) is 0 Å². The SMILES string of the molecule is S=Pc1cccc(-c2ccccc2Cl)c1-c1ccccc1Cl. The molecule has 0 radical (unpaired) electrons. The van der Waals surface area contributed by atoms with Crippen LogP contribution in [0.1, 0.15) is 0 Å². The Kier molecular flexibility index (Phi) is 4.90. The maximum atomic E-state index is 6.42. The molecule has 3 aromatic carbocycles. The lowest BCUT2D eigenvalue weighted by molar-refractivity contribution is 1.60. The van der Waals surface area contributed by atoms with E-state index in [0.717, 1.165) is 34.9 Å². The lowest BCUT2D eigenvalue weighted by atomic mass is 9.94. The molecule has 0 aliphatic rings. The van der Waals surface area contributed by atoms with Crippen LogP contribution >= 0.6 is 30.6 Å². The van der Waals surface area contributed by atoms with Gasteiger partial charge in [-0.1, -0.05) is 83.5 Å². The maximum Gasteiger partial charge on any atom is 0.0484 e. The third-order valence-electron chi connectivity index (χ3n) is 3.45. The number of hydrogen-bond acceptors (Lipinski definition) is 1. The van der Waals surface area contributed by atoms with Gasteiger partial charge in [0, 0.05) is 39.4 Å². The number of rotatable bonds is 3. The first-order valence-electron chi connectivity index (χ1n) is 6.68. The summed E-state index contributed by atoms with van der Waals surface area (Å²) in [5.74, 6) is 0. The largest absolute Gasteiger partial charge is 0.0837 e. The molecule has 0 aliphatic heterocycles. The smallest absolute Gasteiger partial charge is 0.0484 e. The molecule has 3 aromatic rings. The van der Waals surface area contributed by atoms with Crippen LogP contribution in [0, 0.1) is 0 Å². The van der Waals surface area contributed by atoms with Gasteiger partial charge in [-0.15, -0.1) is 0 Å². The summed E-state index contributed by atoms with van der Waals surface area (Å²) in [6.07, 6.45) is 0. The molecule has 3 rings (SSSR count). The minimum absolute atomic E-state index is 0.710. The molecule has 0 fully saturated rings. The average molecular weight is 361 g/mol. The maximum absolute atomic E-state index is 6.42. The second kappa shape index (κ2) is 6.89. The molecular weight excluding hydrogens is 350 g/mol. The molecule has 0 spiro atoms. The molecule has 4 heteroatoms. The summed E-state index contributed by atoms with van der Waals surface area (Å²) in [7, 11) is 0.783. The van der Waals surface area contributed by atoms with Gasteiger partial charge in [-0.05, 0) is 23.8 Å². The van der Waals surface area contributed by atoms with Crippen LogP contribution < -0.4 is 5.30 Å². The molecule has 0 nitrogen and oxygen atoms in total. The van der Waals surface area contributed by atoms with Gasteiger partial charge < -0.3 is 0 Å². The monoisotopic (exact) mass is 360 g/mol. The van der Waals surface area contributed by atoms with Crippen LogP contribution in [0.3, 0.4) is 0 Å². The second-order valence-corrected chi connectivity index (χ2v) is 6.78. The van der Waals surface area contributed by atoms with E-state index in [1.54, 1.807) is 0 Å². The van der Waals surface area contributed by atoms with Crippen LogP contribution in [0.5, 0.6) is 0 Å². The summed E-state index contributed by atoms with van der Waals surface area (Å²) < 4.78 is 0. The first kappa shape index (κ1) is 15.6. The first-order valence-corrected chi connectivity index (χ1v) is 9.35. The molecule has 0 heterocycles. The standard InChI is InChI=1S/C18H11Cl2PS/c19-15-9-3-1-6-12(15)13-8-5-11-17(21-22)18(13)14-7-2-4-10-16(14)20/h1-11H. The van der Waals surface area contributed by atoms with Crippen molar-refractivity contribution in [3.8, 4) is 22.3 Å². The van der Waals surface area contributed by atoms with Crippen molar-refractivity contribution in [2.45, 2.75) is 0 Å². The van der Waals surface area contributed by atoms with Crippen molar-refractivity contribution in [1.82, 2.24) is 0 Å². The molecule has 0 unspecified atom stereocenters. The zero-order valence-corrected chi connectivity index (χ0v) is 14.7. The Balaban J connectivity index is 2.36. The van der Waals surface area contributed by atoms with Gasteiger partial charge in [0.1, 0.15) is 0 Å². The minimum atomic E-state index is 0.710. The minimum Gasteiger partial charge on any atom is -0.0837 e. The highest BCUT2D eigenvalue weighted by Crippen LogP contribution is 2.38. The molecule has 0 bridgehead atoms. The van der Waals surface area contributed by atoms with Crippen molar-refractivity contribution < 1.29 is 0 Å². The van der Waals surface area contributed by atoms with Crippen molar-refractivity contribution in [3.05, 3.63) is 76.8 Å². The molecule has 0 amide bonds. The summed E-state index contributed by atoms with van der Waals surface area (Å²) in [5, 5.41) is 2.48. The fourth-order valence-electron chi connectivity index (χ4n) is 2.47. The Morgan fingerprint density at radius 3 is 1.77 bits per heavy atom. The summed E-state index contributed by atoms with van der Waals surface area (Å²) >= 11 is 18.1. The van der Waals surface area contributed by atoms with E-state index in [2.05, 4.69) is 6.07 Å². The van der Waals surface area contributed by atoms with E-state index in [1.165, 1.54) is 0 Å². The Morgan fingerprint density at radius 2 is 1.18 bits per heavy atom. The van der Waals surface area contributed by atoms with Gasteiger partial charge in [0.05, 0.1) is 0 Å². The van der Waals surface area contributed by atoms with Gasteiger partial charge in [0.25, 0.3) is 0 Å². The van der Waals surface area contributed by atoms with Crippen molar-refractivity contribution in [1.29, 1.82) is 0 Å². The van der Waals surface area contributed by atoms with Gasteiger partial charge in [-0.25, -0.2) is 0 Å². The highest BCUT2D eigenvalue weighted by molar-refractivity contribution is 7.99. The van der Waals surface area contributed by atoms with Crippen molar-refractivity contribution in [3.63, 3.8) is 0 Å². The third-order valence-corrected chi connectivity index (χ3v) is 5.27. The van der Waals surface area contributed by atoms with E-state index in [1.807, 2.05) is 60.7 Å². The van der Waals surface area contributed by atoms with Crippen LogP contribution in [0.15, 0.2) is 66.7 Å². The van der Waals surface area contributed by atoms with Crippen LogP contribution in [-0.2, 0) is 11.8 Å². The third kappa shape index (κ3) is 2.95. The van der Waals surface area contributed by atoms with Crippen molar-refractivity contribution >= 4 is 47.7 Å². The number of halogens is 2. The van der Waals surface area contributed by atoms with E-state index in [0.29, 0.717) is 10.0 Å². The molecule has 0 aromatic heterocycles.